The van der Waals surface area contributed by atoms with E-state index in [1.165, 1.54) is 5.56 Å². The summed E-state index contributed by atoms with van der Waals surface area (Å²) >= 11 is 0. The van der Waals surface area contributed by atoms with Gasteiger partial charge in [-0.25, -0.2) is 0 Å². The highest BCUT2D eigenvalue weighted by Crippen LogP contribution is 2.20. The van der Waals surface area contributed by atoms with E-state index in [1.807, 2.05) is 48.3 Å². The van der Waals surface area contributed by atoms with Crippen molar-refractivity contribution in [1.29, 1.82) is 5.26 Å². The average Bonchev–Trinajstić information content (AvgIpc) is 2.85. The zero-order chi connectivity index (χ0) is 12.1. The van der Waals surface area contributed by atoms with E-state index >= 15 is 0 Å². The molecule has 2 aromatic rings. The first-order chi connectivity index (χ1) is 8.31. The van der Waals surface area contributed by atoms with Crippen molar-refractivity contribution in [2.45, 2.75) is 12.6 Å². The van der Waals surface area contributed by atoms with Gasteiger partial charge in [-0.3, -0.25) is 4.90 Å². The van der Waals surface area contributed by atoms with Gasteiger partial charge in [0.1, 0.15) is 5.76 Å². The van der Waals surface area contributed by atoms with E-state index in [0.717, 1.165) is 6.54 Å². The number of nitriles is 1. The number of hydrogen-bond donors (Lipinski definition) is 0. The first-order valence-corrected chi connectivity index (χ1v) is 5.48. The standard InChI is InChI=1S/C14H14N2O/c1-16(11-12-6-3-2-4-7-12)13(10-15)14-8-5-9-17-14/h2-9,13H,11H2,1H3. The van der Waals surface area contributed by atoms with Crippen molar-refractivity contribution in [3.8, 4) is 6.07 Å². The van der Waals surface area contributed by atoms with Crippen LogP contribution in [0.3, 0.4) is 0 Å². The Morgan fingerprint density at radius 2 is 2.00 bits per heavy atom. The summed E-state index contributed by atoms with van der Waals surface area (Å²) in [6.07, 6.45) is 1.59. The van der Waals surface area contributed by atoms with Crippen molar-refractivity contribution in [3.05, 3.63) is 60.1 Å². The molecule has 1 atom stereocenters. The number of hydrogen-bond acceptors (Lipinski definition) is 3. The minimum absolute atomic E-state index is 0.342. The zero-order valence-electron chi connectivity index (χ0n) is 9.71. The van der Waals surface area contributed by atoms with E-state index in [-0.39, 0.29) is 6.04 Å². The molecule has 2 rings (SSSR count). The maximum Gasteiger partial charge on any atom is 0.156 e. The summed E-state index contributed by atoms with van der Waals surface area (Å²) in [6.45, 7) is 0.722. The van der Waals surface area contributed by atoms with Crippen LogP contribution in [0.4, 0.5) is 0 Å². The van der Waals surface area contributed by atoms with Crippen molar-refractivity contribution in [1.82, 2.24) is 4.90 Å². The van der Waals surface area contributed by atoms with Crippen molar-refractivity contribution < 1.29 is 4.42 Å². The molecule has 1 unspecified atom stereocenters. The third-order valence-corrected chi connectivity index (χ3v) is 2.65. The van der Waals surface area contributed by atoms with Crippen LogP contribution in [-0.4, -0.2) is 11.9 Å². The van der Waals surface area contributed by atoms with Crippen molar-refractivity contribution in [2.75, 3.05) is 7.05 Å². The summed E-state index contributed by atoms with van der Waals surface area (Å²) in [5, 5.41) is 9.19. The second-order valence-corrected chi connectivity index (χ2v) is 3.95. The molecule has 3 heteroatoms. The van der Waals surface area contributed by atoms with Gasteiger partial charge >= 0.3 is 0 Å². The molecule has 17 heavy (non-hydrogen) atoms. The fourth-order valence-electron chi connectivity index (χ4n) is 1.79. The number of furan rings is 1. The van der Waals surface area contributed by atoms with Gasteiger partial charge in [0.2, 0.25) is 0 Å². The topological polar surface area (TPSA) is 40.2 Å². The normalized spacial score (nSPS) is 12.3. The van der Waals surface area contributed by atoms with Gasteiger partial charge in [-0.15, -0.1) is 0 Å². The van der Waals surface area contributed by atoms with Gasteiger partial charge < -0.3 is 4.42 Å². The van der Waals surface area contributed by atoms with E-state index in [4.69, 9.17) is 4.42 Å². The number of nitrogens with zero attached hydrogens (tertiary/aromatic N) is 2. The van der Waals surface area contributed by atoms with Gasteiger partial charge in [-0.1, -0.05) is 30.3 Å². The van der Waals surface area contributed by atoms with Crippen molar-refractivity contribution in [2.24, 2.45) is 0 Å². The molecule has 0 saturated heterocycles. The molecular weight excluding hydrogens is 212 g/mol. The Labute approximate surface area is 101 Å². The lowest BCUT2D eigenvalue weighted by molar-refractivity contribution is 0.252. The van der Waals surface area contributed by atoms with Crippen LogP contribution >= 0.6 is 0 Å². The molecule has 1 aromatic carbocycles. The third-order valence-electron chi connectivity index (χ3n) is 2.65. The van der Waals surface area contributed by atoms with Crippen LogP contribution in [0.2, 0.25) is 0 Å². The number of benzene rings is 1. The monoisotopic (exact) mass is 226 g/mol. The zero-order valence-corrected chi connectivity index (χ0v) is 9.71. The minimum atomic E-state index is -0.342. The molecule has 0 fully saturated rings. The lowest BCUT2D eigenvalue weighted by Crippen LogP contribution is -2.22. The fourth-order valence-corrected chi connectivity index (χ4v) is 1.79. The van der Waals surface area contributed by atoms with Crippen molar-refractivity contribution >= 4 is 0 Å². The van der Waals surface area contributed by atoms with Gasteiger partial charge in [0.05, 0.1) is 12.3 Å². The second-order valence-electron chi connectivity index (χ2n) is 3.95. The Morgan fingerprint density at radius 1 is 1.24 bits per heavy atom. The Bertz CT molecular complexity index is 485. The van der Waals surface area contributed by atoms with E-state index in [2.05, 4.69) is 6.07 Å². The maximum absolute atomic E-state index is 9.19. The molecule has 1 heterocycles. The SMILES string of the molecule is CN(Cc1ccccc1)C(C#N)c1ccco1. The summed E-state index contributed by atoms with van der Waals surface area (Å²) in [7, 11) is 1.92. The molecule has 0 bridgehead atoms. The molecule has 0 amide bonds. The van der Waals surface area contributed by atoms with Gasteiger partial charge in [0.15, 0.2) is 6.04 Å². The van der Waals surface area contributed by atoms with Crippen LogP contribution in [-0.2, 0) is 6.54 Å². The summed E-state index contributed by atoms with van der Waals surface area (Å²) in [5.74, 6) is 0.686. The third kappa shape index (κ3) is 2.74. The second kappa shape index (κ2) is 5.33. The molecule has 0 N–H and O–H groups in total. The summed E-state index contributed by atoms with van der Waals surface area (Å²) < 4.78 is 5.28. The number of rotatable bonds is 4. The Balaban J connectivity index is 2.09. The van der Waals surface area contributed by atoms with E-state index in [9.17, 15) is 5.26 Å². The lowest BCUT2D eigenvalue weighted by atomic mass is 10.1. The van der Waals surface area contributed by atoms with Gasteiger partial charge in [0, 0.05) is 6.54 Å². The molecular formula is C14H14N2O. The van der Waals surface area contributed by atoms with E-state index in [1.54, 1.807) is 12.3 Å². The Kier molecular flexibility index (Phi) is 3.59. The van der Waals surface area contributed by atoms with E-state index < -0.39 is 0 Å². The highest BCUT2D eigenvalue weighted by Gasteiger charge is 2.18. The van der Waals surface area contributed by atoms with Crippen LogP contribution in [0.15, 0.2) is 53.1 Å². The smallest absolute Gasteiger partial charge is 0.156 e. The van der Waals surface area contributed by atoms with Gasteiger partial charge in [-0.05, 0) is 24.7 Å². The summed E-state index contributed by atoms with van der Waals surface area (Å²) in [5.41, 5.74) is 1.18. The molecule has 86 valence electrons. The molecule has 1 aromatic heterocycles. The highest BCUT2D eigenvalue weighted by atomic mass is 16.3. The van der Waals surface area contributed by atoms with Crippen LogP contribution in [0.5, 0.6) is 0 Å². The predicted octanol–water partition coefficient (Wildman–Crippen LogP) is 2.98. The van der Waals surface area contributed by atoms with E-state index in [0.29, 0.717) is 5.76 Å². The van der Waals surface area contributed by atoms with Crippen LogP contribution in [0.25, 0.3) is 0 Å². The van der Waals surface area contributed by atoms with Crippen LogP contribution < -0.4 is 0 Å². The first kappa shape index (κ1) is 11.4. The molecule has 0 radical (unpaired) electrons. The molecule has 0 aliphatic heterocycles. The maximum atomic E-state index is 9.19. The summed E-state index contributed by atoms with van der Waals surface area (Å²) in [6, 6.07) is 15.6. The Morgan fingerprint density at radius 3 is 2.59 bits per heavy atom. The molecule has 0 saturated carbocycles. The largest absolute Gasteiger partial charge is 0.467 e. The Hall–Kier alpha value is -2.05. The molecule has 0 aliphatic carbocycles. The average molecular weight is 226 g/mol. The molecule has 0 aliphatic rings. The molecule has 3 nitrogen and oxygen atoms in total. The van der Waals surface area contributed by atoms with Gasteiger partial charge in [0.25, 0.3) is 0 Å². The predicted molar refractivity (Wildman–Crippen MR) is 65.0 cm³/mol. The molecule has 0 spiro atoms. The van der Waals surface area contributed by atoms with Crippen LogP contribution in [0, 0.1) is 11.3 Å². The fraction of sp³-hybridized carbons (Fsp3) is 0.214. The lowest BCUT2D eigenvalue weighted by Gasteiger charge is -2.20. The summed E-state index contributed by atoms with van der Waals surface area (Å²) in [4.78, 5) is 1.97. The van der Waals surface area contributed by atoms with Gasteiger partial charge in [-0.2, -0.15) is 5.26 Å². The quantitative estimate of drug-likeness (QED) is 0.804. The van der Waals surface area contributed by atoms with Crippen molar-refractivity contribution in [3.63, 3.8) is 0 Å². The first-order valence-electron chi connectivity index (χ1n) is 5.48. The minimum Gasteiger partial charge on any atom is -0.467 e. The van der Waals surface area contributed by atoms with Crippen LogP contribution in [0.1, 0.15) is 17.4 Å². The highest BCUT2D eigenvalue weighted by molar-refractivity contribution is 5.17.